The molecule has 19 heavy (non-hydrogen) atoms. The minimum atomic E-state index is -0.403. The molecule has 0 bridgehead atoms. The van der Waals surface area contributed by atoms with Crippen molar-refractivity contribution in [1.29, 1.82) is 0 Å². The first-order valence-electron chi connectivity index (χ1n) is 5.53. The Balaban J connectivity index is 2.23. The lowest BCUT2D eigenvalue weighted by Crippen LogP contribution is -1.98. The predicted octanol–water partition coefficient (Wildman–Crippen LogP) is 4.12. The summed E-state index contributed by atoms with van der Waals surface area (Å²) in [6.45, 7) is 0. The molecule has 0 unspecified atom stereocenters. The van der Waals surface area contributed by atoms with Crippen LogP contribution in [0.1, 0.15) is 15.9 Å². The summed E-state index contributed by atoms with van der Waals surface area (Å²) in [4.78, 5) is 12.2. The zero-order chi connectivity index (χ0) is 13.8. The molecule has 0 heterocycles. The van der Waals surface area contributed by atoms with E-state index in [1.54, 1.807) is 12.1 Å². The summed E-state index contributed by atoms with van der Waals surface area (Å²) >= 11 is 4.12. The second-order valence-corrected chi connectivity index (χ2v) is 4.40. The van der Waals surface area contributed by atoms with Gasteiger partial charge in [-0.25, -0.2) is 8.78 Å². The van der Waals surface area contributed by atoms with E-state index in [1.807, 2.05) is 0 Å². The highest BCUT2D eigenvalue weighted by atomic mass is 32.1. The van der Waals surface area contributed by atoms with Crippen LogP contribution >= 0.6 is 12.6 Å². The fourth-order valence-corrected chi connectivity index (χ4v) is 1.81. The number of carbonyl (C=O) groups is 1. The normalized spacial score (nSPS) is 11.4. The van der Waals surface area contributed by atoms with Gasteiger partial charge < -0.3 is 0 Å². The number of hydrogen-bond acceptors (Lipinski definition) is 2. The summed E-state index contributed by atoms with van der Waals surface area (Å²) in [5.74, 6) is -1.06. The van der Waals surface area contributed by atoms with E-state index in [-0.39, 0.29) is 16.5 Å². The molecule has 4 heteroatoms. The Labute approximate surface area is 115 Å². The molecular formula is C15H10F2OS. The Hall–Kier alpha value is -1.94. The maximum absolute atomic E-state index is 12.8. The molecule has 0 aromatic heterocycles. The number of benzene rings is 2. The van der Waals surface area contributed by atoms with Crippen LogP contribution in [-0.2, 0) is 0 Å². The molecule has 96 valence electrons. The predicted molar refractivity (Wildman–Crippen MR) is 74.1 cm³/mol. The Kier molecular flexibility index (Phi) is 4.12. The second kappa shape index (κ2) is 5.80. The van der Waals surface area contributed by atoms with E-state index in [2.05, 4.69) is 12.6 Å². The second-order valence-electron chi connectivity index (χ2n) is 3.92. The molecule has 2 aromatic rings. The van der Waals surface area contributed by atoms with Crippen LogP contribution < -0.4 is 0 Å². The van der Waals surface area contributed by atoms with Crippen molar-refractivity contribution in [3.8, 4) is 0 Å². The van der Waals surface area contributed by atoms with E-state index < -0.39 is 5.82 Å². The van der Waals surface area contributed by atoms with Crippen molar-refractivity contribution >= 4 is 24.5 Å². The summed E-state index contributed by atoms with van der Waals surface area (Å²) in [5.41, 5.74) is 1.02. The highest BCUT2D eigenvalue weighted by Crippen LogP contribution is 2.16. The first-order chi connectivity index (χ1) is 9.06. The smallest absolute Gasteiger partial charge is 0.199 e. The molecule has 2 aromatic carbocycles. The van der Waals surface area contributed by atoms with Crippen LogP contribution in [0.4, 0.5) is 8.78 Å². The van der Waals surface area contributed by atoms with E-state index in [0.29, 0.717) is 11.1 Å². The molecule has 0 atom stereocenters. The fourth-order valence-electron chi connectivity index (χ4n) is 1.53. The molecule has 0 radical (unpaired) electrons. The number of hydrogen-bond donors (Lipinski definition) is 1. The first-order valence-corrected chi connectivity index (χ1v) is 5.97. The zero-order valence-electron chi connectivity index (χ0n) is 9.81. The Morgan fingerprint density at radius 3 is 1.89 bits per heavy atom. The minimum absolute atomic E-state index is 0.207. The monoisotopic (exact) mass is 276 g/mol. The average molecular weight is 276 g/mol. The molecular weight excluding hydrogens is 266 g/mol. The molecule has 0 N–H and O–H groups in total. The summed E-state index contributed by atoms with van der Waals surface area (Å²) in [7, 11) is 0. The lowest BCUT2D eigenvalue weighted by atomic mass is 10.1. The van der Waals surface area contributed by atoms with Gasteiger partial charge >= 0.3 is 0 Å². The van der Waals surface area contributed by atoms with Gasteiger partial charge in [-0.2, -0.15) is 0 Å². The van der Waals surface area contributed by atoms with Crippen LogP contribution in [0.2, 0.25) is 0 Å². The van der Waals surface area contributed by atoms with Gasteiger partial charge in [0, 0.05) is 5.56 Å². The van der Waals surface area contributed by atoms with Crippen molar-refractivity contribution in [2.45, 2.75) is 0 Å². The van der Waals surface area contributed by atoms with Crippen LogP contribution in [0.3, 0.4) is 0 Å². The van der Waals surface area contributed by atoms with Gasteiger partial charge in [-0.05, 0) is 48.0 Å². The Morgan fingerprint density at radius 1 is 0.895 bits per heavy atom. The molecule has 0 fully saturated rings. The topological polar surface area (TPSA) is 17.1 Å². The summed E-state index contributed by atoms with van der Waals surface area (Å²) < 4.78 is 25.5. The molecule has 2 rings (SSSR count). The van der Waals surface area contributed by atoms with Gasteiger partial charge in [0.25, 0.3) is 0 Å². The van der Waals surface area contributed by atoms with Gasteiger partial charge in [0.15, 0.2) is 5.78 Å². The van der Waals surface area contributed by atoms with Crippen molar-refractivity contribution in [2.75, 3.05) is 0 Å². The Bertz CT molecular complexity index is 616. The van der Waals surface area contributed by atoms with E-state index in [9.17, 15) is 13.6 Å². The third-order valence-corrected chi connectivity index (χ3v) is 2.84. The van der Waals surface area contributed by atoms with Crippen LogP contribution in [0.25, 0.3) is 6.08 Å². The zero-order valence-corrected chi connectivity index (χ0v) is 10.7. The molecule has 0 amide bonds. The van der Waals surface area contributed by atoms with Crippen LogP contribution in [-0.4, -0.2) is 5.78 Å². The molecule has 0 aliphatic heterocycles. The van der Waals surface area contributed by atoms with Gasteiger partial charge in [0.1, 0.15) is 11.6 Å². The minimum Gasteiger partial charge on any atom is -0.288 e. The molecule has 0 saturated carbocycles. The van der Waals surface area contributed by atoms with Crippen molar-refractivity contribution in [3.05, 3.63) is 76.2 Å². The van der Waals surface area contributed by atoms with Gasteiger partial charge in [0.05, 0.1) is 4.91 Å². The Morgan fingerprint density at radius 2 is 1.37 bits per heavy atom. The van der Waals surface area contributed by atoms with E-state index in [1.165, 1.54) is 42.5 Å². The molecule has 0 aliphatic carbocycles. The SMILES string of the molecule is O=C(C(S)=Cc1ccc(F)cc1)c1ccc(F)cc1. The number of allylic oxidation sites excluding steroid dienone is 1. The number of rotatable bonds is 3. The average Bonchev–Trinajstić information content (AvgIpc) is 2.41. The number of carbonyl (C=O) groups excluding carboxylic acids is 1. The molecule has 1 nitrogen and oxygen atoms in total. The molecule has 0 saturated heterocycles. The number of ketones is 1. The van der Waals surface area contributed by atoms with Crippen molar-refractivity contribution < 1.29 is 13.6 Å². The van der Waals surface area contributed by atoms with E-state index in [4.69, 9.17) is 0 Å². The van der Waals surface area contributed by atoms with Crippen molar-refractivity contribution in [3.63, 3.8) is 0 Å². The van der Waals surface area contributed by atoms with E-state index in [0.717, 1.165) is 0 Å². The van der Waals surface area contributed by atoms with Crippen LogP contribution in [0.15, 0.2) is 53.4 Å². The highest BCUT2D eigenvalue weighted by molar-refractivity contribution is 7.85. The lowest BCUT2D eigenvalue weighted by molar-refractivity contribution is 0.104. The summed E-state index contributed by atoms with van der Waals surface area (Å²) in [5, 5.41) is 0. The number of Topliss-reactive ketones (excluding diaryl/α,β-unsaturated/α-hetero) is 1. The third-order valence-electron chi connectivity index (χ3n) is 2.51. The van der Waals surface area contributed by atoms with Crippen molar-refractivity contribution in [1.82, 2.24) is 0 Å². The number of halogens is 2. The maximum atomic E-state index is 12.8. The van der Waals surface area contributed by atoms with Gasteiger partial charge in [-0.3, -0.25) is 4.79 Å². The van der Waals surface area contributed by atoms with Crippen LogP contribution in [0.5, 0.6) is 0 Å². The summed E-state index contributed by atoms with van der Waals surface area (Å²) in [6.07, 6.45) is 1.54. The van der Waals surface area contributed by atoms with Gasteiger partial charge in [0.2, 0.25) is 0 Å². The van der Waals surface area contributed by atoms with Crippen LogP contribution in [0, 0.1) is 11.6 Å². The highest BCUT2D eigenvalue weighted by Gasteiger charge is 2.09. The molecule has 0 spiro atoms. The number of thiol groups is 1. The van der Waals surface area contributed by atoms with Gasteiger partial charge in [-0.1, -0.05) is 12.1 Å². The lowest BCUT2D eigenvalue weighted by Gasteiger charge is -2.01. The largest absolute Gasteiger partial charge is 0.288 e. The molecule has 0 aliphatic rings. The quantitative estimate of drug-likeness (QED) is 0.507. The van der Waals surface area contributed by atoms with Gasteiger partial charge in [-0.15, -0.1) is 12.6 Å². The third kappa shape index (κ3) is 3.51. The maximum Gasteiger partial charge on any atom is 0.199 e. The summed E-state index contributed by atoms with van der Waals surface area (Å²) in [6, 6.07) is 10.9. The standard InChI is InChI=1S/C15H10F2OS/c16-12-5-1-10(2-6-12)9-14(19)15(18)11-3-7-13(17)8-4-11/h1-9,19H. The van der Waals surface area contributed by atoms with E-state index >= 15 is 0 Å². The first kappa shape index (κ1) is 13.5. The van der Waals surface area contributed by atoms with Crippen molar-refractivity contribution in [2.24, 2.45) is 0 Å². The fraction of sp³-hybridized carbons (Fsp3) is 0.